The van der Waals surface area contributed by atoms with E-state index in [-0.39, 0.29) is 0 Å². The van der Waals surface area contributed by atoms with Crippen LogP contribution in [0.2, 0.25) is 0 Å². The summed E-state index contributed by atoms with van der Waals surface area (Å²) in [5.41, 5.74) is 0. The van der Waals surface area contributed by atoms with Crippen LogP contribution in [0.4, 0.5) is 26.3 Å². The molecule has 0 spiro atoms. The first-order valence-corrected chi connectivity index (χ1v) is 3.38. The van der Waals surface area contributed by atoms with Crippen LogP contribution in [-0.2, 0) is 0 Å². The summed E-state index contributed by atoms with van der Waals surface area (Å²) in [6, 6.07) is 0. The van der Waals surface area contributed by atoms with Crippen LogP contribution in [0.25, 0.3) is 0 Å². The van der Waals surface area contributed by atoms with E-state index in [1.807, 2.05) is 0 Å². The van der Waals surface area contributed by atoms with Gasteiger partial charge in [0.15, 0.2) is 0 Å². The Morgan fingerprint density at radius 1 is 0.714 bits per heavy atom. The Bertz CT molecular complexity index is 129. The predicted molar refractivity (Wildman–Crippen MR) is 35.5 cm³/mol. The molecule has 2 unspecified atom stereocenters. The van der Waals surface area contributed by atoms with Crippen LogP contribution in [0.1, 0.15) is 13.8 Å². The normalized spacial score (nSPS) is 16.7. The molecule has 0 aliphatic heterocycles. The fourth-order valence-corrected chi connectivity index (χ4v) is 0. The summed E-state index contributed by atoms with van der Waals surface area (Å²) in [6.45, 7) is 1.36. The van der Waals surface area contributed by atoms with Gasteiger partial charge in [0.05, 0.1) is 0 Å². The van der Waals surface area contributed by atoms with Gasteiger partial charge in [-0.15, -0.1) is 0 Å². The SMILES string of the molecule is CC(O)C(F)(F)F.CC(O)C(F)(F)F. The molecule has 0 aromatic carbocycles. The lowest BCUT2D eigenvalue weighted by Crippen LogP contribution is -2.24. The van der Waals surface area contributed by atoms with Gasteiger partial charge in [-0.2, -0.15) is 26.3 Å². The average molecular weight is 228 g/mol. The molecular formula is C6H10F6O2. The molecule has 0 aromatic rings. The second-order valence-electron chi connectivity index (χ2n) is 2.44. The summed E-state index contributed by atoms with van der Waals surface area (Å²) in [5.74, 6) is 0. The number of aliphatic hydroxyl groups is 2. The largest absolute Gasteiger partial charge is 0.414 e. The van der Waals surface area contributed by atoms with Gasteiger partial charge in [0, 0.05) is 0 Å². The molecule has 0 fully saturated rings. The quantitative estimate of drug-likeness (QED) is 0.621. The van der Waals surface area contributed by atoms with E-state index in [0.29, 0.717) is 13.8 Å². The van der Waals surface area contributed by atoms with E-state index in [4.69, 9.17) is 10.2 Å². The van der Waals surface area contributed by atoms with Crippen LogP contribution in [0, 0.1) is 0 Å². The van der Waals surface area contributed by atoms with Crippen LogP contribution < -0.4 is 0 Å². The minimum absolute atomic E-state index is 0.681. The number of alkyl halides is 6. The molecule has 14 heavy (non-hydrogen) atoms. The average Bonchev–Trinajstić information content (AvgIpc) is 1.83. The minimum atomic E-state index is -4.44. The minimum Gasteiger partial charge on any atom is -0.384 e. The van der Waals surface area contributed by atoms with Gasteiger partial charge in [0.1, 0.15) is 12.2 Å². The zero-order chi connectivity index (χ0) is 12.2. The van der Waals surface area contributed by atoms with Crippen molar-refractivity contribution in [2.24, 2.45) is 0 Å². The molecule has 8 heteroatoms. The van der Waals surface area contributed by atoms with Crippen LogP contribution in [0.15, 0.2) is 0 Å². The third-order valence-electron chi connectivity index (χ3n) is 0.947. The van der Waals surface area contributed by atoms with Crippen molar-refractivity contribution in [2.45, 2.75) is 38.4 Å². The Balaban J connectivity index is 0. The maximum atomic E-state index is 10.9. The monoisotopic (exact) mass is 228 g/mol. The summed E-state index contributed by atoms with van der Waals surface area (Å²) >= 11 is 0. The molecule has 0 aromatic heterocycles. The Kier molecular flexibility index (Phi) is 6.15. The lowest BCUT2D eigenvalue weighted by molar-refractivity contribution is -0.197. The Morgan fingerprint density at radius 3 is 0.786 bits per heavy atom. The molecule has 0 bridgehead atoms. The Labute approximate surface area is 76.2 Å². The zero-order valence-electron chi connectivity index (χ0n) is 7.32. The first-order chi connectivity index (χ1) is 5.89. The lowest BCUT2D eigenvalue weighted by Gasteiger charge is -2.06. The number of hydrogen-bond acceptors (Lipinski definition) is 2. The third kappa shape index (κ3) is 9.59. The van der Waals surface area contributed by atoms with Gasteiger partial charge in [-0.25, -0.2) is 0 Å². The fourth-order valence-electron chi connectivity index (χ4n) is 0. The number of rotatable bonds is 0. The molecule has 0 radical (unpaired) electrons. The fraction of sp³-hybridized carbons (Fsp3) is 1.00. The van der Waals surface area contributed by atoms with Crippen LogP contribution in [-0.4, -0.2) is 34.8 Å². The topological polar surface area (TPSA) is 40.5 Å². The summed E-state index contributed by atoms with van der Waals surface area (Å²) in [4.78, 5) is 0. The highest BCUT2D eigenvalue weighted by Crippen LogP contribution is 2.19. The summed E-state index contributed by atoms with van der Waals surface area (Å²) in [5, 5.41) is 15.5. The summed E-state index contributed by atoms with van der Waals surface area (Å²) in [6.07, 6.45) is -13.3. The van der Waals surface area contributed by atoms with Crippen molar-refractivity contribution >= 4 is 0 Å². The predicted octanol–water partition coefficient (Wildman–Crippen LogP) is 1.86. The summed E-state index contributed by atoms with van der Waals surface area (Å²) in [7, 11) is 0. The zero-order valence-corrected chi connectivity index (χ0v) is 7.32. The highest BCUT2D eigenvalue weighted by molar-refractivity contribution is 4.55. The highest BCUT2D eigenvalue weighted by atomic mass is 19.4. The first kappa shape index (κ1) is 15.9. The van der Waals surface area contributed by atoms with Crippen molar-refractivity contribution in [2.75, 3.05) is 0 Å². The van der Waals surface area contributed by atoms with Gasteiger partial charge in [-0.1, -0.05) is 0 Å². The molecule has 0 saturated carbocycles. The van der Waals surface area contributed by atoms with Gasteiger partial charge in [0.2, 0.25) is 0 Å². The number of aliphatic hydroxyl groups excluding tert-OH is 2. The lowest BCUT2D eigenvalue weighted by atomic mass is 10.4. The van der Waals surface area contributed by atoms with Crippen molar-refractivity contribution in [1.82, 2.24) is 0 Å². The van der Waals surface area contributed by atoms with E-state index < -0.39 is 24.6 Å². The van der Waals surface area contributed by atoms with Crippen molar-refractivity contribution in [3.8, 4) is 0 Å². The van der Waals surface area contributed by atoms with E-state index in [1.165, 1.54) is 0 Å². The maximum Gasteiger partial charge on any atom is 0.414 e. The molecule has 0 aliphatic carbocycles. The van der Waals surface area contributed by atoms with E-state index in [2.05, 4.69) is 0 Å². The Morgan fingerprint density at radius 2 is 0.786 bits per heavy atom. The first-order valence-electron chi connectivity index (χ1n) is 3.38. The molecule has 0 amide bonds. The van der Waals surface area contributed by atoms with Gasteiger partial charge in [0.25, 0.3) is 0 Å². The Hall–Kier alpha value is -0.500. The molecule has 2 nitrogen and oxygen atoms in total. The molecule has 2 atom stereocenters. The van der Waals surface area contributed by atoms with E-state index in [0.717, 1.165) is 0 Å². The second kappa shape index (κ2) is 5.40. The maximum absolute atomic E-state index is 10.9. The molecule has 88 valence electrons. The summed E-state index contributed by atoms with van der Waals surface area (Å²) < 4.78 is 65.6. The molecule has 0 saturated heterocycles. The van der Waals surface area contributed by atoms with Crippen LogP contribution in [0.5, 0.6) is 0 Å². The van der Waals surface area contributed by atoms with Gasteiger partial charge < -0.3 is 10.2 Å². The van der Waals surface area contributed by atoms with E-state index in [1.54, 1.807) is 0 Å². The van der Waals surface area contributed by atoms with Gasteiger partial charge >= 0.3 is 12.4 Å². The third-order valence-corrected chi connectivity index (χ3v) is 0.947. The van der Waals surface area contributed by atoms with Gasteiger partial charge in [-0.3, -0.25) is 0 Å². The van der Waals surface area contributed by atoms with E-state index in [9.17, 15) is 26.3 Å². The second-order valence-corrected chi connectivity index (χ2v) is 2.44. The van der Waals surface area contributed by atoms with Crippen molar-refractivity contribution in [3.63, 3.8) is 0 Å². The highest BCUT2D eigenvalue weighted by Gasteiger charge is 2.34. The standard InChI is InChI=1S/2C3H5F3O/c2*1-2(7)3(4,5)6/h2*2,7H,1H3. The van der Waals surface area contributed by atoms with Crippen molar-refractivity contribution in [3.05, 3.63) is 0 Å². The van der Waals surface area contributed by atoms with Gasteiger partial charge in [-0.05, 0) is 13.8 Å². The molecule has 0 aliphatic rings. The number of hydrogen-bond donors (Lipinski definition) is 2. The molecular weight excluding hydrogens is 218 g/mol. The molecule has 2 N–H and O–H groups in total. The molecule has 0 heterocycles. The number of halogens is 6. The van der Waals surface area contributed by atoms with Crippen LogP contribution in [0.3, 0.4) is 0 Å². The van der Waals surface area contributed by atoms with Crippen molar-refractivity contribution < 1.29 is 36.6 Å². The van der Waals surface area contributed by atoms with Crippen LogP contribution >= 0.6 is 0 Å². The molecule has 0 rings (SSSR count). The smallest absolute Gasteiger partial charge is 0.384 e. The van der Waals surface area contributed by atoms with Crippen molar-refractivity contribution in [1.29, 1.82) is 0 Å². The van der Waals surface area contributed by atoms with E-state index >= 15 is 0 Å².